The van der Waals surface area contributed by atoms with Crippen LogP contribution in [0.4, 0.5) is 0 Å². The first-order valence-corrected chi connectivity index (χ1v) is 6.58. The van der Waals surface area contributed by atoms with E-state index < -0.39 is 46.9 Å². The van der Waals surface area contributed by atoms with Crippen molar-refractivity contribution in [2.75, 3.05) is 12.3 Å². The number of esters is 1. The highest BCUT2D eigenvalue weighted by molar-refractivity contribution is 8.00. The van der Waals surface area contributed by atoms with E-state index in [0.717, 1.165) is 23.6 Å². The molecular weight excluding hydrogens is 292 g/mol. The summed E-state index contributed by atoms with van der Waals surface area (Å²) in [6, 6.07) is 0. The SMILES string of the molecule is CC(=O)OC1(C(=O)O)CS[C@H]2N(C1)C(=O)C2(N)C(=O)O. The van der Waals surface area contributed by atoms with Crippen LogP contribution >= 0.6 is 11.8 Å². The predicted molar refractivity (Wildman–Crippen MR) is 64.6 cm³/mol. The molecule has 0 aromatic heterocycles. The highest BCUT2D eigenvalue weighted by Gasteiger charge is 2.69. The van der Waals surface area contributed by atoms with Gasteiger partial charge >= 0.3 is 17.9 Å². The van der Waals surface area contributed by atoms with Crippen molar-refractivity contribution in [1.29, 1.82) is 0 Å². The van der Waals surface area contributed by atoms with Gasteiger partial charge in [0.25, 0.3) is 5.91 Å². The minimum atomic E-state index is -2.05. The number of hydrogen-bond acceptors (Lipinski definition) is 7. The molecule has 2 fully saturated rings. The van der Waals surface area contributed by atoms with E-state index in [1.807, 2.05) is 0 Å². The summed E-state index contributed by atoms with van der Waals surface area (Å²) >= 11 is 0.870. The van der Waals surface area contributed by atoms with Crippen LogP contribution in [-0.4, -0.2) is 67.7 Å². The van der Waals surface area contributed by atoms with Gasteiger partial charge in [0.1, 0.15) is 5.37 Å². The summed E-state index contributed by atoms with van der Waals surface area (Å²) in [5.41, 5.74) is 1.62. The molecule has 20 heavy (non-hydrogen) atoms. The Balaban J connectivity index is 2.25. The molecule has 3 atom stereocenters. The zero-order valence-corrected chi connectivity index (χ0v) is 11.2. The Kier molecular flexibility index (Phi) is 3.17. The predicted octanol–water partition coefficient (Wildman–Crippen LogP) is -1.93. The Morgan fingerprint density at radius 3 is 2.45 bits per heavy atom. The fraction of sp³-hybridized carbons (Fsp3) is 0.600. The molecule has 4 N–H and O–H groups in total. The van der Waals surface area contributed by atoms with Gasteiger partial charge in [-0.05, 0) is 0 Å². The standard InChI is InChI=1S/C10H12N2O7S/c1-4(13)19-9(7(15)16)2-12-5(14)10(11,8(17)18)6(12)20-3-9/h6H,2-3,11H2,1H3,(H,15,16)(H,17,18)/t6-,9?,10?/m1/s1. The molecule has 2 aliphatic heterocycles. The van der Waals surface area contributed by atoms with Gasteiger partial charge in [-0.1, -0.05) is 0 Å². The first-order chi connectivity index (χ1) is 9.15. The highest BCUT2D eigenvalue weighted by atomic mass is 32.2. The van der Waals surface area contributed by atoms with Gasteiger partial charge in [-0.2, -0.15) is 0 Å². The summed E-state index contributed by atoms with van der Waals surface area (Å²) in [7, 11) is 0. The number of aliphatic carboxylic acids is 2. The van der Waals surface area contributed by atoms with Crippen molar-refractivity contribution in [2.24, 2.45) is 5.73 Å². The monoisotopic (exact) mass is 304 g/mol. The average molecular weight is 304 g/mol. The molecular formula is C10H12N2O7S. The number of rotatable bonds is 3. The second kappa shape index (κ2) is 4.35. The number of carbonyl (C=O) groups is 4. The van der Waals surface area contributed by atoms with Crippen molar-refractivity contribution < 1.29 is 34.1 Å². The van der Waals surface area contributed by atoms with Crippen LogP contribution in [-0.2, 0) is 23.9 Å². The van der Waals surface area contributed by atoms with E-state index in [1.165, 1.54) is 0 Å². The summed E-state index contributed by atoms with van der Waals surface area (Å²) in [6.45, 7) is 0.647. The number of amides is 1. The third kappa shape index (κ3) is 1.75. The number of thioether (sulfide) groups is 1. The van der Waals surface area contributed by atoms with E-state index in [2.05, 4.69) is 0 Å². The number of hydrogen-bond donors (Lipinski definition) is 3. The smallest absolute Gasteiger partial charge is 0.350 e. The van der Waals surface area contributed by atoms with Gasteiger partial charge in [-0.3, -0.25) is 9.59 Å². The highest BCUT2D eigenvalue weighted by Crippen LogP contribution is 2.44. The number of fused-ring (bicyclic) bond motifs is 1. The molecule has 0 aromatic rings. The van der Waals surface area contributed by atoms with E-state index in [9.17, 15) is 24.3 Å². The molecule has 10 heteroatoms. The van der Waals surface area contributed by atoms with Gasteiger partial charge in [0.15, 0.2) is 0 Å². The normalized spacial score (nSPS) is 35.8. The second-order valence-corrected chi connectivity index (χ2v) is 5.73. The fourth-order valence-electron chi connectivity index (χ4n) is 2.25. The molecule has 0 bridgehead atoms. The van der Waals surface area contributed by atoms with Crippen LogP contribution < -0.4 is 5.73 Å². The Morgan fingerprint density at radius 2 is 2.00 bits per heavy atom. The Hall–Kier alpha value is -1.81. The Bertz CT molecular complexity index is 524. The zero-order valence-electron chi connectivity index (χ0n) is 10.4. The maximum atomic E-state index is 11.8. The number of nitrogens with zero attached hydrogens (tertiary/aromatic N) is 1. The number of β-lactam (4-membered cyclic amide) rings is 1. The summed E-state index contributed by atoms with van der Waals surface area (Å²) in [4.78, 5) is 46.2. The van der Waals surface area contributed by atoms with Crippen LogP contribution in [0.5, 0.6) is 0 Å². The Morgan fingerprint density at radius 1 is 1.40 bits per heavy atom. The minimum absolute atomic E-state index is 0.178. The van der Waals surface area contributed by atoms with Crippen LogP contribution in [0.3, 0.4) is 0 Å². The van der Waals surface area contributed by atoms with E-state index in [4.69, 9.17) is 15.6 Å². The largest absolute Gasteiger partial charge is 0.479 e. The number of nitrogens with two attached hydrogens (primary N) is 1. The number of carboxylic acids is 2. The van der Waals surface area contributed by atoms with Crippen molar-refractivity contribution in [3.63, 3.8) is 0 Å². The average Bonchev–Trinajstić information content (AvgIpc) is 2.36. The van der Waals surface area contributed by atoms with Crippen molar-refractivity contribution >= 4 is 35.6 Å². The fourth-order valence-corrected chi connectivity index (χ4v) is 3.76. The molecule has 0 saturated carbocycles. The van der Waals surface area contributed by atoms with E-state index >= 15 is 0 Å². The first-order valence-electron chi connectivity index (χ1n) is 5.53. The van der Waals surface area contributed by atoms with Crippen LogP contribution in [0.15, 0.2) is 0 Å². The second-order valence-electron chi connectivity index (χ2n) is 4.66. The molecule has 0 aromatic carbocycles. The molecule has 0 aliphatic carbocycles. The molecule has 1 amide bonds. The third-order valence-electron chi connectivity index (χ3n) is 3.27. The first kappa shape index (κ1) is 14.6. The summed E-state index contributed by atoms with van der Waals surface area (Å²) in [5, 5.41) is 17.3. The van der Waals surface area contributed by atoms with Crippen molar-refractivity contribution in [2.45, 2.75) is 23.4 Å². The van der Waals surface area contributed by atoms with Crippen LogP contribution in [0, 0.1) is 0 Å². The molecule has 9 nitrogen and oxygen atoms in total. The molecule has 2 heterocycles. The number of ether oxygens (including phenoxy) is 1. The third-order valence-corrected chi connectivity index (χ3v) is 4.85. The lowest BCUT2D eigenvalue weighted by Crippen LogP contribution is -2.84. The maximum absolute atomic E-state index is 11.8. The molecule has 2 aliphatic rings. The molecule has 0 spiro atoms. The molecule has 110 valence electrons. The molecule has 0 radical (unpaired) electrons. The topological polar surface area (TPSA) is 147 Å². The minimum Gasteiger partial charge on any atom is -0.479 e. The van der Waals surface area contributed by atoms with Gasteiger partial charge < -0.3 is 25.6 Å². The van der Waals surface area contributed by atoms with Gasteiger partial charge in [-0.25, -0.2) is 9.59 Å². The lowest BCUT2D eigenvalue weighted by Gasteiger charge is -2.55. The van der Waals surface area contributed by atoms with Gasteiger partial charge in [0.2, 0.25) is 11.1 Å². The molecule has 2 saturated heterocycles. The van der Waals surface area contributed by atoms with Crippen LogP contribution in [0.1, 0.15) is 6.92 Å². The number of carbonyl (C=O) groups excluding carboxylic acids is 2. The van der Waals surface area contributed by atoms with Crippen molar-refractivity contribution in [3.05, 3.63) is 0 Å². The van der Waals surface area contributed by atoms with Gasteiger partial charge in [-0.15, -0.1) is 11.8 Å². The van der Waals surface area contributed by atoms with Crippen molar-refractivity contribution in [1.82, 2.24) is 4.90 Å². The van der Waals surface area contributed by atoms with Gasteiger partial charge in [0, 0.05) is 12.7 Å². The summed E-state index contributed by atoms with van der Waals surface area (Å²) in [5.74, 6) is -4.72. The quantitative estimate of drug-likeness (QED) is 0.308. The lowest BCUT2D eigenvalue weighted by molar-refractivity contribution is -0.187. The van der Waals surface area contributed by atoms with E-state index in [1.54, 1.807) is 0 Å². The van der Waals surface area contributed by atoms with Crippen LogP contribution in [0.25, 0.3) is 0 Å². The Labute approximate surface area is 117 Å². The maximum Gasteiger partial charge on any atom is 0.350 e. The van der Waals surface area contributed by atoms with E-state index in [-0.39, 0.29) is 5.75 Å². The summed E-state index contributed by atoms with van der Waals surface area (Å²) in [6.07, 6.45) is 0. The lowest BCUT2D eigenvalue weighted by atomic mass is 9.87. The molecule has 2 unspecified atom stereocenters. The zero-order chi connectivity index (χ0) is 15.3. The van der Waals surface area contributed by atoms with Crippen molar-refractivity contribution in [3.8, 4) is 0 Å². The van der Waals surface area contributed by atoms with E-state index in [0.29, 0.717) is 0 Å². The van der Waals surface area contributed by atoms with Crippen LogP contribution in [0.2, 0.25) is 0 Å². The number of carboxylic acid groups (broad SMARTS) is 2. The summed E-state index contributed by atoms with van der Waals surface area (Å²) < 4.78 is 4.83. The van der Waals surface area contributed by atoms with Gasteiger partial charge in [0.05, 0.1) is 6.54 Å². The molecule has 2 rings (SSSR count).